The van der Waals surface area contributed by atoms with Gasteiger partial charge in [-0.1, -0.05) is 0 Å². The zero-order valence-corrected chi connectivity index (χ0v) is 12.2. The molecule has 4 rings (SSSR count). The van der Waals surface area contributed by atoms with Crippen LogP contribution in [-0.2, 0) is 11.3 Å². The molecule has 0 bridgehead atoms. The van der Waals surface area contributed by atoms with Gasteiger partial charge in [0.1, 0.15) is 11.6 Å². The molecule has 0 saturated heterocycles. The lowest BCUT2D eigenvalue weighted by Gasteiger charge is -2.13. The van der Waals surface area contributed by atoms with Gasteiger partial charge < -0.3 is 9.88 Å². The molecule has 1 amide bonds. The fourth-order valence-electron chi connectivity index (χ4n) is 2.39. The maximum absolute atomic E-state index is 11.7. The summed E-state index contributed by atoms with van der Waals surface area (Å²) in [5.41, 5.74) is 1.19. The first-order valence-electron chi connectivity index (χ1n) is 6.61. The van der Waals surface area contributed by atoms with Crippen LogP contribution in [0.25, 0.3) is 11.4 Å². The fraction of sp³-hybridized carbons (Fsp3) is 0.385. The van der Waals surface area contributed by atoms with Gasteiger partial charge in [-0.2, -0.15) is 9.98 Å². The third-order valence-corrected chi connectivity index (χ3v) is 4.19. The Morgan fingerprint density at radius 2 is 2.35 bits per heavy atom. The molecule has 0 aromatic heterocycles. The van der Waals surface area contributed by atoms with Crippen molar-refractivity contribution in [3.05, 3.63) is 22.4 Å². The molecule has 0 radical (unpaired) electrons. The summed E-state index contributed by atoms with van der Waals surface area (Å²) in [4.78, 5) is 24.3. The number of nitrogens with zero attached hydrogens (tertiary/aromatic N) is 4. The lowest BCUT2D eigenvalue weighted by atomic mass is 10.2. The summed E-state index contributed by atoms with van der Waals surface area (Å²) in [6.07, 6.45) is 3.60. The summed E-state index contributed by atoms with van der Waals surface area (Å²) in [6.45, 7) is 1.72. The lowest BCUT2D eigenvalue weighted by molar-refractivity contribution is -0.119. The number of fused-ring (bicyclic) bond motifs is 3. The molecule has 1 aliphatic carbocycles. The average Bonchev–Trinajstić information content (AvgIpc) is 3.17. The topological polar surface area (TPSA) is 72.2 Å². The van der Waals surface area contributed by atoms with Crippen molar-refractivity contribution in [2.75, 3.05) is 11.9 Å². The Bertz CT molecular complexity index is 749. The molecule has 0 unspecified atom stereocenters. The Kier molecular flexibility index (Phi) is 2.63. The number of carbonyl (C=O) groups excluding carboxylic acids is 1. The summed E-state index contributed by atoms with van der Waals surface area (Å²) in [5, 5.41) is 3.31. The minimum atomic E-state index is -0.0961. The molecular formula is C13H12BrN5O. The van der Waals surface area contributed by atoms with Gasteiger partial charge in [0.05, 0.1) is 4.47 Å². The Labute approximate surface area is 123 Å². The molecule has 0 aromatic rings. The zero-order valence-electron chi connectivity index (χ0n) is 10.6. The van der Waals surface area contributed by atoms with E-state index in [9.17, 15) is 4.79 Å². The quantitative estimate of drug-likeness (QED) is 0.856. The van der Waals surface area contributed by atoms with Crippen molar-refractivity contribution in [1.29, 1.82) is 0 Å². The third-order valence-electron chi connectivity index (χ3n) is 3.58. The highest BCUT2D eigenvalue weighted by Crippen LogP contribution is 2.33. The number of hydrogen-bond acceptors (Lipinski definition) is 4. The van der Waals surface area contributed by atoms with E-state index in [1.807, 2.05) is 6.07 Å². The SMILES string of the molecule is O=C(N=c1ncc2cc(Br)c3n(c-2n1)CCN3)C1CC1. The second kappa shape index (κ2) is 4.37. The Balaban J connectivity index is 1.89. The minimum Gasteiger partial charge on any atom is -0.369 e. The van der Waals surface area contributed by atoms with Gasteiger partial charge in [-0.15, -0.1) is 0 Å². The average molecular weight is 334 g/mol. The van der Waals surface area contributed by atoms with Gasteiger partial charge in [-0.05, 0) is 34.8 Å². The molecule has 1 fully saturated rings. The smallest absolute Gasteiger partial charge is 0.254 e. The largest absolute Gasteiger partial charge is 0.369 e. The summed E-state index contributed by atoms with van der Waals surface area (Å²) in [7, 11) is 0. The van der Waals surface area contributed by atoms with E-state index in [1.54, 1.807) is 6.20 Å². The number of amides is 1. The van der Waals surface area contributed by atoms with Crippen LogP contribution in [0, 0.1) is 5.92 Å². The summed E-state index contributed by atoms with van der Waals surface area (Å²) in [6, 6.07) is 1.98. The second-order valence-electron chi connectivity index (χ2n) is 5.09. The van der Waals surface area contributed by atoms with Crippen molar-refractivity contribution in [3.63, 3.8) is 0 Å². The maximum atomic E-state index is 11.7. The van der Waals surface area contributed by atoms with Crippen molar-refractivity contribution >= 4 is 27.7 Å². The fourth-order valence-corrected chi connectivity index (χ4v) is 2.99. The van der Waals surface area contributed by atoms with Gasteiger partial charge in [-0.25, -0.2) is 4.98 Å². The Morgan fingerprint density at radius 1 is 1.50 bits per heavy atom. The van der Waals surface area contributed by atoms with Crippen LogP contribution in [0.3, 0.4) is 0 Å². The number of hydrogen-bond donors (Lipinski definition) is 1. The zero-order chi connectivity index (χ0) is 13.7. The van der Waals surface area contributed by atoms with Crippen molar-refractivity contribution in [3.8, 4) is 11.4 Å². The normalized spacial score (nSPS) is 18.1. The van der Waals surface area contributed by atoms with E-state index in [0.29, 0.717) is 0 Å². The van der Waals surface area contributed by atoms with Crippen molar-refractivity contribution in [2.45, 2.75) is 19.4 Å². The van der Waals surface area contributed by atoms with Crippen molar-refractivity contribution in [2.24, 2.45) is 10.9 Å². The number of nitrogens with one attached hydrogen (secondary N) is 1. The maximum Gasteiger partial charge on any atom is 0.254 e. The second-order valence-corrected chi connectivity index (χ2v) is 5.95. The van der Waals surface area contributed by atoms with Crippen LogP contribution >= 0.6 is 15.9 Å². The van der Waals surface area contributed by atoms with Crippen LogP contribution in [0.15, 0.2) is 21.7 Å². The molecule has 3 heterocycles. The summed E-state index contributed by atoms with van der Waals surface area (Å²) < 4.78 is 3.08. The van der Waals surface area contributed by atoms with E-state index in [2.05, 4.69) is 40.8 Å². The van der Waals surface area contributed by atoms with E-state index >= 15 is 0 Å². The number of carbonyl (C=O) groups is 1. The third kappa shape index (κ3) is 1.93. The molecular weight excluding hydrogens is 322 g/mol. The number of pyridine rings is 1. The molecule has 1 N–H and O–H groups in total. The molecule has 0 spiro atoms. The number of aromatic nitrogens is 3. The van der Waals surface area contributed by atoms with Gasteiger partial charge in [0.2, 0.25) is 0 Å². The highest BCUT2D eigenvalue weighted by atomic mass is 79.9. The van der Waals surface area contributed by atoms with Crippen LogP contribution < -0.4 is 10.9 Å². The predicted molar refractivity (Wildman–Crippen MR) is 76.1 cm³/mol. The molecule has 0 aromatic carbocycles. The number of rotatable bonds is 1. The van der Waals surface area contributed by atoms with Gasteiger partial charge in [0.25, 0.3) is 11.5 Å². The lowest BCUT2D eigenvalue weighted by Crippen LogP contribution is -2.19. The minimum absolute atomic E-state index is 0.0961. The monoisotopic (exact) mass is 333 g/mol. The van der Waals surface area contributed by atoms with Crippen LogP contribution in [0.5, 0.6) is 0 Å². The highest BCUT2D eigenvalue weighted by molar-refractivity contribution is 9.10. The van der Waals surface area contributed by atoms with Crippen LogP contribution in [0.4, 0.5) is 5.82 Å². The predicted octanol–water partition coefficient (Wildman–Crippen LogP) is 1.41. The Hall–Kier alpha value is -1.76. The van der Waals surface area contributed by atoms with E-state index in [-0.39, 0.29) is 17.4 Å². The van der Waals surface area contributed by atoms with Gasteiger partial charge >= 0.3 is 0 Å². The number of halogens is 1. The van der Waals surface area contributed by atoms with Crippen molar-refractivity contribution < 1.29 is 4.79 Å². The van der Waals surface area contributed by atoms with E-state index in [4.69, 9.17) is 0 Å². The first-order chi connectivity index (χ1) is 9.72. The molecule has 20 heavy (non-hydrogen) atoms. The highest BCUT2D eigenvalue weighted by Gasteiger charge is 2.29. The van der Waals surface area contributed by atoms with E-state index in [1.165, 1.54) is 0 Å². The molecule has 7 heteroatoms. The summed E-state index contributed by atoms with van der Waals surface area (Å²) in [5.74, 6) is 1.82. The number of anilines is 1. The standard InChI is InChI=1S/C13H12BrN5O/c14-9-5-8-6-16-13(18-12(20)7-1-2-7)17-10(8)19-4-3-15-11(9)19/h5-7,15H,1-4H2. The molecule has 6 nitrogen and oxygen atoms in total. The molecule has 102 valence electrons. The van der Waals surface area contributed by atoms with E-state index < -0.39 is 0 Å². The van der Waals surface area contributed by atoms with Gasteiger partial charge in [0, 0.05) is 30.8 Å². The van der Waals surface area contributed by atoms with Crippen LogP contribution in [-0.4, -0.2) is 27.0 Å². The van der Waals surface area contributed by atoms with Crippen LogP contribution in [0.2, 0.25) is 0 Å². The molecule has 1 saturated carbocycles. The van der Waals surface area contributed by atoms with Crippen LogP contribution in [0.1, 0.15) is 12.8 Å². The van der Waals surface area contributed by atoms with Gasteiger partial charge in [-0.3, -0.25) is 4.79 Å². The summed E-state index contributed by atoms with van der Waals surface area (Å²) >= 11 is 3.54. The first kappa shape index (κ1) is 12.0. The molecule has 3 aliphatic heterocycles. The molecule has 4 aliphatic rings. The molecule has 0 atom stereocenters. The van der Waals surface area contributed by atoms with E-state index in [0.717, 1.165) is 47.6 Å². The first-order valence-corrected chi connectivity index (χ1v) is 7.40. The van der Waals surface area contributed by atoms with Gasteiger partial charge in [0.15, 0.2) is 0 Å². The Morgan fingerprint density at radius 3 is 3.15 bits per heavy atom. The van der Waals surface area contributed by atoms with Crippen molar-refractivity contribution in [1.82, 2.24) is 14.5 Å².